The Morgan fingerprint density at radius 1 is 1.33 bits per heavy atom. The predicted octanol–water partition coefficient (Wildman–Crippen LogP) is 1.63. The highest BCUT2D eigenvalue weighted by molar-refractivity contribution is 14.0. The molecule has 21 heavy (non-hydrogen) atoms. The van der Waals surface area contributed by atoms with E-state index in [0.29, 0.717) is 6.54 Å². The van der Waals surface area contributed by atoms with E-state index in [1.165, 1.54) is 25.7 Å². The highest BCUT2D eigenvalue weighted by Crippen LogP contribution is 2.35. The van der Waals surface area contributed by atoms with Crippen LogP contribution < -0.4 is 5.32 Å². The van der Waals surface area contributed by atoms with Crippen LogP contribution in [-0.2, 0) is 13.6 Å². The van der Waals surface area contributed by atoms with E-state index in [-0.39, 0.29) is 24.0 Å². The monoisotopic (exact) mass is 404 g/mol. The average Bonchev–Trinajstić information content (AvgIpc) is 3.06. The summed E-state index contributed by atoms with van der Waals surface area (Å²) in [5.74, 6) is 3.68. The van der Waals surface area contributed by atoms with E-state index in [0.717, 1.165) is 36.7 Å². The third kappa shape index (κ3) is 3.67. The highest BCUT2D eigenvalue weighted by Gasteiger charge is 2.35. The third-order valence-corrected chi connectivity index (χ3v) is 4.70. The van der Waals surface area contributed by atoms with Gasteiger partial charge in [-0.15, -0.1) is 24.0 Å². The molecule has 2 unspecified atom stereocenters. The number of hydrogen-bond donors (Lipinski definition) is 1. The van der Waals surface area contributed by atoms with Crippen molar-refractivity contribution in [2.45, 2.75) is 32.2 Å². The minimum Gasteiger partial charge on any atom is -0.349 e. The Bertz CT molecular complexity index is 472. The van der Waals surface area contributed by atoms with Crippen molar-refractivity contribution < 1.29 is 0 Å². The van der Waals surface area contributed by atoms with Gasteiger partial charge in [-0.1, -0.05) is 12.8 Å². The molecule has 1 aliphatic heterocycles. The molecule has 118 valence electrons. The quantitative estimate of drug-likeness (QED) is 0.463. The maximum Gasteiger partial charge on any atom is 0.194 e. The number of nitrogens with zero attached hydrogens (tertiary/aromatic N) is 5. The van der Waals surface area contributed by atoms with Gasteiger partial charge in [0.2, 0.25) is 0 Å². The normalized spacial score (nSPS) is 25.4. The van der Waals surface area contributed by atoms with E-state index < -0.39 is 0 Å². The number of likely N-dealkylation sites (tertiary alicyclic amines) is 1. The summed E-state index contributed by atoms with van der Waals surface area (Å²) in [6, 6.07) is 0. The highest BCUT2D eigenvalue weighted by atomic mass is 127. The second-order valence-corrected chi connectivity index (χ2v) is 5.91. The van der Waals surface area contributed by atoms with Crippen molar-refractivity contribution in [2.24, 2.45) is 23.9 Å². The van der Waals surface area contributed by atoms with Gasteiger partial charge in [0.05, 0.1) is 6.54 Å². The van der Waals surface area contributed by atoms with Gasteiger partial charge in [-0.2, -0.15) is 5.10 Å². The standard InChI is InChI=1S/C14H24N6.HI/c1-15-14(16-7-13-17-10-18-19(13)2)20-8-11-5-3-4-6-12(11)9-20;/h10-12H,3-9H2,1-2H3,(H,15,16);1H. The van der Waals surface area contributed by atoms with Crippen molar-refractivity contribution in [1.29, 1.82) is 0 Å². The largest absolute Gasteiger partial charge is 0.349 e. The topological polar surface area (TPSA) is 58.3 Å². The molecular weight excluding hydrogens is 379 g/mol. The number of nitrogens with one attached hydrogen (secondary N) is 1. The van der Waals surface area contributed by atoms with Crippen LogP contribution in [0.2, 0.25) is 0 Å². The summed E-state index contributed by atoms with van der Waals surface area (Å²) in [5, 5.41) is 7.51. The first-order valence-corrected chi connectivity index (χ1v) is 7.56. The minimum absolute atomic E-state index is 0. The first-order chi connectivity index (χ1) is 9.78. The second-order valence-electron chi connectivity index (χ2n) is 5.91. The van der Waals surface area contributed by atoms with E-state index in [1.807, 2.05) is 14.1 Å². The van der Waals surface area contributed by atoms with Crippen LogP contribution in [-0.4, -0.2) is 45.8 Å². The zero-order valence-electron chi connectivity index (χ0n) is 12.8. The minimum atomic E-state index is 0. The van der Waals surface area contributed by atoms with Crippen LogP contribution in [0.1, 0.15) is 31.5 Å². The van der Waals surface area contributed by atoms with Gasteiger partial charge >= 0.3 is 0 Å². The van der Waals surface area contributed by atoms with Crippen molar-refractivity contribution >= 4 is 29.9 Å². The van der Waals surface area contributed by atoms with Crippen molar-refractivity contribution in [3.8, 4) is 0 Å². The van der Waals surface area contributed by atoms with Gasteiger partial charge in [0, 0.05) is 27.2 Å². The number of rotatable bonds is 2. The van der Waals surface area contributed by atoms with Crippen molar-refractivity contribution in [2.75, 3.05) is 20.1 Å². The second kappa shape index (κ2) is 7.42. The number of halogens is 1. The molecule has 2 fully saturated rings. The van der Waals surface area contributed by atoms with Gasteiger partial charge in [-0.25, -0.2) is 4.98 Å². The molecule has 0 amide bonds. The number of aromatic nitrogens is 3. The predicted molar refractivity (Wildman–Crippen MR) is 93.6 cm³/mol. The third-order valence-electron chi connectivity index (χ3n) is 4.70. The fourth-order valence-electron chi connectivity index (χ4n) is 3.55. The van der Waals surface area contributed by atoms with Gasteiger partial charge in [0.25, 0.3) is 0 Å². The molecular formula is C14H25IN6. The van der Waals surface area contributed by atoms with Gasteiger partial charge in [0.1, 0.15) is 12.2 Å². The van der Waals surface area contributed by atoms with Crippen molar-refractivity contribution in [3.63, 3.8) is 0 Å². The molecule has 0 radical (unpaired) electrons. The van der Waals surface area contributed by atoms with Gasteiger partial charge in [-0.05, 0) is 24.7 Å². The number of aliphatic imine (C=N–C) groups is 1. The smallest absolute Gasteiger partial charge is 0.194 e. The lowest BCUT2D eigenvalue weighted by atomic mass is 9.82. The van der Waals surface area contributed by atoms with E-state index in [2.05, 4.69) is 25.3 Å². The van der Waals surface area contributed by atoms with Crippen molar-refractivity contribution in [3.05, 3.63) is 12.2 Å². The molecule has 2 aliphatic rings. The van der Waals surface area contributed by atoms with E-state index in [4.69, 9.17) is 0 Å². The SMILES string of the molecule is CN=C(NCc1ncnn1C)N1CC2CCCCC2C1.I. The summed E-state index contributed by atoms with van der Waals surface area (Å²) in [6.07, 6.45) is 7.17. The molecule has 2 atom stereocenters. The molecule has 1 saturated heterocycles. The number of guanidine groups is 1. The molecule has 0 bridgehead atoms. The summed E-state index contributed by atoms with van der Waals surface area (Å²) in [7, 11) is 3.78. The van der Waals surface area contributed by atoms with Crippen LogP contribution in [0.15, 0.2) is 11.3 Å². The van der Waals surface area contributed by atoms with Crippen LogP contribution in [0.4, 0.5) is 0 Å². The fourth-order valence-corrected chi connectivity index (χ4v) is 3.55. The molecule has 1 N–H and O–H groups in total. The zero-order valence-corrected chi connectivity index (χ0v) is 15.2. The lowest BCUT2D eigenvalue weighted by Crippen LogP contribution is -2.40. The molecule has 6 nitrogen and oxygen atoms in total. The Kier molecular flexibility index (Phi) is 5.83. The molecule has 0 aromatic carbocycles. The lowest BCUT2D eigenvalue weighted by molar-refractivity contribution is 0.299. The molecule has 1 aromatic heterocycles. The first-order valence-electron chi connectivity index (χ1n) is 7.56. The first kappa shape index (κ1) is 16.5. The van der Waals surface area contributed by atoms with E-state index >= 15 is 0 Å². The number of aryl methyl sites for hydroxylation is 1. The molecule has 3 rings (SSSR count). The summed E-state index contributed by atoms with van der Waals surface area (Å²) < 4.78 is 1.80. The van der Waals surface area contributed by atoms with Crippen LogP contribution in [0.25, 0.3) is 0 Å². The van der Waals surface area contributed by atoms with Gasteiger partial charge in [0.15, 0.2) is 5.96 Å². The van der Waals surface area contributed by atoms with Crippen LogP contribution in [0, 0.1) is 11.8 Å². The molecule has 1 aromatic rings. The van der Waals surface area contributed by atoms with Crippen LogP contribution in [0.5, 0.6) is 0 Å². The number of hydrogen-bond acceptors (Lipinski definition) is 3. The van der Waals surface area contributed by atoms with Crippen molar-refractivity contribution in [1.82, 2.24) is 25.0 Å². The average molecular weight is 404 g/mol. The summed E-state index contributed by atoms with van der Waals surface area (Å²) in [6.45, 7) is 2.99. The summed E-state index contributed by atoms with van der Waals surface area (Å²) in [5.41, 5.74) is 0. The Morgan fingerprint density at radius 3 is 2.52 bits per heavy atom. The number of fused-ring (bicyclic) bond motifs is 1. The lowest BCUT2D eigenvalue weighted by Gasteiger charge is -2.22. The molecule has 7 heteroatoms. The molecule has 1 aliphatic carbocycles. The van der Waals surface area contributed by atoms with E-state index in [1.54, 1.807) is 11.0 Å². The zero-order chi connectivity index (χ0) is 13.9. The molecule has 2 heterocycles. The Morgan fingerprint density at radius 2 is 2.00 bits per heavy atom. The Balaban J connectivity index is 0.00000161. The van der Waals surface area contributed by atoms with Gasteiger partial charge in [-0.3, -0.25) is 9.67 Å². The maximum absolute atomic E-state index is 4.43. The van der Waals surface area contributed by atoms with Gasteiger partial charge < -0.3 is 10.2 Å². The van der Waals surface area contributed by atoms with Crippen LogP contribution >= 0.6 is 24.0 Å². The Hall–Kier alpha value is -0.860. The Labute approximate surface area is 143 Å². The molecule has 0 spiro atoms. The molecule has 1 saturated carbocycles. The summed E-state index contributed by atoms with van der Waals surface area (Å²) in [4.78, 5) is 11.1. The fraction of sp³-hybridized carbons (Fsp3) is 0.786. The van der Waals surface area contributed by atoms with Crippen LogP contribution in [0.3, 0.4) is 0 Å². The van der Waals surface area contributed by atoms with E-state index in [9.17, 15) is 0 Å². The maximum atomic E-state index is 4.43. The summed E-state index contributed by atoms with van der Waals surface area (Å²) >= 11 is 0.